The molecule has 2 aromatic heterocycles. The summed E-state index contributed by atoms with van der Waals surface area (Å²) in [5, 5.41) is 7.07. The van der Waals surface area contributed by atoms with E-state index in [-0.39, 0.29) is 30.7 Å². The van der Waals surface area contributed by atoms with E-state index in [1.165, 1.54) is 0 Å². The van der Waals surface area contributed by atoms with Gasteiger partial charge >= 0.3 is 6.18 Å². The van der Waals surface area contributed by atoms with Gasteiger partial charge in [0.1, 0.15) is 0 Å². The van der Waals surface area contributed by atoms with Crippen LogP contribution in [0.3, 0.4) is 0 Å². The summed E-state index contributed by atoms with van der Waals surface area (Å²) in [7, 11) is 0. The van der Waals surface area contributed by atoms with Crippen LogP contribution in [0.5, 0.6) is 0 Å². The number of halogens is 5. The third-order valence-electron chi connectivity index (χ3n) is 6.13. The molecule has 2 heterocycles. The fraction of sp³-hybridized carbons (Fsp3) is 0.667. The molecule has 2 aliphatic rings. The lowest BCUT2D eigenvalue weighted by atomic mass is 9.84. The highest BCUT2D eigenvalue weighted by Crippen LogP contribution is 2.41. The van der Waals surface area contributed by atoms with Crippen molar-refractivity contribution in [1.82, 2.24) is 19.9 Å². The zero-order chi connectivity index (χ0) is 22.2. The third-order valence-corrected chi connectivity index (χ3v) is 6.13. The number of hydrogen-bond acceptors (Lipinski definition) is 3. The van der Waals surface area contributed by atoms with Crippen LogP contribution >= 0.6 is 0 Å². The highest BCUT2D eigenvalue weighted by molar-refractivity contribution is 5.76. The minimum atomic E-state index is -4.37. The maximum Gasteiger partial charge on any atom is 0.389 e. The molecule has 0 radical (unpaired) electrons. The normalized spacial score (nSPS) is 20.7. The largest absolute Gasteiger partial charge is 0.389 e. The molecule has 10 heteroatoms. The van der Waals surface area contributed by atoms with Gasteiger partial charge in [0.2, 0.25) is 11.8 Å². The van der Waals surface area contributed by atoms with Crippen molar-refractivity contribution >= 4 is 11.6 Å². The molecule has 2 saturated carbocycles. The van der Waals surface area contributed by atoms with E-state index >= 15 is 0 Å². The van der Waals surface area contributed by atoms with E-state index in [1.54, 1.807) is 23.0 Å². The molecule has 1 atom stereocenters. The zero-order valence-corrected chi connectivity index (χ0v) is 17.0. The van der Waals surface area contributed by atoms with Crippen molar-refractivity contribution < 1.29 is 26.7 Å². The molecule has 5 nitrogen and oxygen atoms in total. The number of carbonyl (C=O) groups is 1. The SMILES string of the molecule is O=C(CCC(F)(F)F)N[C@@H](c1cnn2cc(CC3CCC(F)(F)CC3)nc2c1)C1CC1. The molecule has 2 fully saturated rings. The molecule has 1 N–H and O–H groups in total. The Hall–Kier alpha value is -2.26. The van der Waals surface area contributed by atoms with Crippen molar-refractivity contribution in [3.63, 3.8) is 0 Å². The van der Waals surface area contributed by atoms with Crippen LogP contribution in [0.15, 0.2) is 18.5 Å². The average molecular weight is 444 g/mol. The quantitative estimate of drug-likeness (QED) is 0.611. The van der Waals surface area contributed by atoms with Crippen LogP contribution in [0, 0.1) is 11.8 Å². The van der Waals surface area contributed by atoms with E-state index in [4.69, 9.17) is 0 Å². The van der Waals surface area contributed by atoms with E-state index in [0.29, 0.717) is 30.5 Å². The number of nitrogens with one attached hydrogen (secondary N) is 1. The van der Waals surface area contributed by atoms with Gasteiger partial charge in [-0.1, -0.05) is 0 Å². The number of aromatic nitrogens is 3. The molecule has 31 heavy (non-hydrogen) atoms. The van der Waals surface area contributed by atoms with Gasteiger partial charge in [0.05, 0.1) is 30.6 Å². The molecule has 170 valence electrons. The summed E-state index contributed by atoms with van der Waals surface area (Å²) in [6.07, 6.45) is 0.397. The fourth-order valence-corrected chi connectivity index (χ4v) is 4.21. The monoisotopic (exact) mass is 444 g/mol. The summed E-state index contributed by atoms with van der Waals surface area (Å²) in [5.74, 6) is -2.85. The molecule has 0 saturated heterocycles. The lowest BCUT2D eigenvalue weighted by Crippen LogP contribution is -2.30. The highest BCUT2D eigenvalue weighted by atomic mass is 19.4. The Kier molecular flexibility index (Phi) is 5.91. The first kappa shape index (κ1) is 22.0. The van der Waals surface area contributed by atoms with Crippen LogP contribution in [-0.4, -0.2) is 32.6 Å². The van der Waals surface area contributed by atoms with Crippen LogP contribution in [0.1, 0.15) is 68.7 Å². The molecule has 0 spiro atoms. The summed E-state index contributed by atoms with van der Waals surface area (Å²) < 4.78 is 65.5. The number of rotatable bonds is 7. The van der Waals surface area contributed by atoms with E-state index < -0.39 is 30.8 Å². The minimum absolute atomic E-state index is 0.0927. The number of fused-ring (bicyclic) bond motifs is 1. The van der Waals surface area contributed by atoms with Crippen LogP contribution < -0.4 is 5.32 Å². The first-order valence-corrected chi connectivity index (χ1v) is 10.7. The Bertz CT molecular complexity index is 927. The average Bonchev–Trinajstić information content (AvgIpc) is 3.45. The van der Waals surface area contributed by atoms with Gasteiger partial charge in [-0.2, -0.15) is 18.3 Å². The van der Waals surface area contributed by atoms with Crippen LogP contribution in [-0.2, 0) is 11.2 Å². The van der Waals surface area contributed by atoms with Gasteiger partial charge < -0.3 is 5.32 Å². The standard InChI is InChI=1S/C21H25F5N4O/c22-20(23)6-3-13(4-7-20)9-16-12-30-17(28-16)10-15(11-27-30)19(14-1-2-14)29-18(31)5-8-21(24,25)26/h10-14,19H,1-9H2,(H,29,31)/t19-/m1/s1. The van der Waals surface area contributed by atoms with Gasteiger partial charge in [-0.15, -0.1) is 0 Å². The molecular weight excluding hydrogens is 419 g/mol. The smallest absolute Gasteiger partial charge is 0.349 e. The third kappa shape index (κ3) is 5.92. The van der Waals surface area contributed by atoms with Gasteiger partial charge in [0, 0.05) is 19.3 Å². The second-order valence-electron chi connectivity index (χ2n) is 8.83. The van der Waals surface area contributed by atoms with Crippen molar-refractivity contribution in [3.8, 4) is 0 Å². The Morgan fingerprint density at radius 1 is 1.23 bits per heavy atom. The van der Waals surface area contributed by atoms with Gasteiger partial charge in [-0.25, -0.2) is 18.3 Å². The summed E-state index contributed by atoms with van der Waals surface area (Å²) in [5.41, 5.74) is 2.06. The Morgan fingerprint density at radius 2 is 1.94 bits per heavy atom. The van der Waals surface area contributed by atoms with Gasteiger partial charge in [0.15, 0.2) is 5.65 Å². The molecule has 0 unspecified atom stereocenters. The van der Waals surface area contributed by atoms with Crippen LogP contribution in [0.2, 0.25) is 0 Å². The number of amides is 1. The second-order valence-corrected chi connectivity index (χ2v) is 8.83. The first-order valence-electron chi connectivity index (χ1n) is 10.7. The summed E-state index contributed by atoms with van der Waals surface area (Å²) >= 11 is 0. The lowest BCUT2D eigenvalue weighted by Gasteiger charge is -2.27. The van der Waals surface area contributed by atoms with Gasteiger partial charge in [-0.05, 0) is 55.6 Å². The molecule has 4 rings (SSSR count). The summed E-state index contributed by atoms with van der Waals surface area (Å²) in [4.78, 5) is 16.6. The van der Waals surface area contributed by atoms with Gasteiger partial charge in [0.25, 0.3) is 0 Å². The number of nitrogens with zero attached hydrogens (tertiary/aromatic N) is 3. The first-order chi connectivity index (χ1) is 14.6. The predicted octanol–water partition coefficient (Wildman–Crippen LogP) is 5.01. The van der Waals surface area contributed by atoms with E-state index in [1.807, 2.05) is 0 Å². The molecule has 1 amide bonds. The predicted molar refractivity (Wildman–Crippen MR) is 102 cm³/mol. The number of hydrogen-bond donors (Lipinski definition) is 1. The zero-order valence-electron chi connectivity index (χ0n) is 17.0. The molecule has 2 aliphatic carbocycles. The Morgan fingerprint density at radius 3 is 2.58 bits per heavy atom. The minimum Gasteiger partial charge on any atom is -0.349 e. The van der Waals surface area contributed by atoms with Gasteiger partial charge in [-0.3, -0.25) is 4.79 Å². The molecule has 0 aliphatic heterocycles. The molecule has 0 aromatic carbocycles. The Labute approximate surface area is 176 Å². The molecule has 0 bridgehead atoms. The number of alkyl halides is 5. The summed E-state index contributed by atoms with van der Waals surface area (Å²) in [6, 6.07) is 1.40. The topological polar surface area (TPSA) is 59.3 Å². The Balaban J connectivity index is 1.43. The van der Waals surface area contributed by atoms with Crippen molar-refractivity contribution in [2.75, 3.05) is 0 Å². The van der Waals surface area contributed by atoms with Crippen LogP contribution in [0.25, 0.3) is 5.65 Å². The second kappa shape index (κ2) is 8.35. The summed E-state index contributed by atoms with van der Waals surface area (Å²) in [6.45, 7) is 0. The number of carbonyl (C=O) groups excluding carboxylic acids is 1. The van der Waals surface area contributed by atoms with E-state index in [0.717, 1.165) is 18.5 Å². The number of imidazole rings is 1. The van der Waals surface area contributed by atoms with Crippen molar-refractivity contribution in [2.24, 2.45) is 11.8 Å². The fourth-order valence-electron chi connectivity index (χ4n) is 4.21. The highest BCUT2D eigenvalue weighted by Gasteiger charge is 2.36. The van der Waals surface area contributed by atoms with Crippen molar-refractivity contribution in [3.05, 3.63) is 29.7 Å². The maximum absolute atomic E-state index is 13.4. The van der Waals surface area contributed by atoms with E-state index in [2.05, 4.69) is 15.4 Å². The lowest BCUT2D eigenvalue weighted by molar-refractivity contribution is -0.144. The van der Waals surface area contributed by atoms with Crippen molar-refractivity contribution in [1.29, 1.82) is 0 Å². The molecular formula is C21H25F5N4O. The maximum atomic E-state index is 13.4. The molecule has 2 aromatic rings. The van der Waals surface area contributed by atoms with Crippen molar-refractivity contribution in [2.45, 2.75) is 75.9 Å². The van der Waals surface area contributed by atoms with E-state index in [9.17, 15) is 26.7 Å². The van der Waals surface area contributed by atoms with Crippen LogP contribution in [0.4, 0.5) is 22.0 Å².